The third-order valence-electron chi connectivity index (χ3n) is 4.11. The van der Waals surface area contributed by atoms with Crippen molar-refractivity contribution in [2.75, 3.05) is 0 Å². The number of hydrogen-bond acceptors (Lipinski definition) is 3. The smallest absolute Gasteiger partial charge is 0.256 e. The number of nitrogens with one attached hydrogen (secondary N) is 1. The molecule has 3 heterocycles. The quantitative estimate of drug-likeness (QED) is 0.594. The number of carbonyl (C=O) groups excluding carboxylic acids is 1. The van der Waals surface area contributed by atoms with Crippen molar-refractivity contribution >= 4 is 5.91 Å². The summed E-state index contributed by atoms with van der Waals surface area (Å²) >= 11 is 0. The minimum absolute atomic E-state index is 0.246. The minimum Gasteiger partial charge on any atom is -0.348 e. The number of aromatic nitrogens is 4. The molecule has 1 amide bonds. The van der Waals surface area contributed by atoms with Gasteiger partial charge < -0.3 is 9.88 Å². The van der Waals surface area contributed by atoms with E-state index in [0.717, 1.165) is 5.56 Å². The minimum atomic E-state index is -0.330. The molecule has 7 heteroatoms. The van der Waals surface area contributed by atoms with Crippen LogP contribution >= 0.6 is 0 Å². The van der Waals surface area contributed by atoms with Crippen LogP contribution in [-0.4, -0.2) is 25.2 Å². The average molecular weight is 361 g/mol. The summed E-state index contributed by atoms with van der Waals surface area (Å²) in [5.41, 5.74) is 2.03. The normalized spacial score (nSPS) is 10.7. The Bertz CT molecular complexity index is 1040. The van der Waals surface area contributed by atoms with Crippen molar-refractivity contribution < 1.29 is 9.18 Å². The van der Waals surface area contributed by atoms with Gasteiger partial charge in [0.25, 0.3) is 5.91 Å². The first-order chi connectivity index (χ1) is 13.2. The van der Waals surface area contributed by atoms with Gasteiger partial charge in [-0.25, -0.2) is 9.07 Å². The number of nitrogens with zero attached hydrogens (tertiary/aromatic N) is 4. The number of carbonyl (C=O) groups is 1. The highest BCUT2D eigenvalue weighted by atomic mass is 19.1. The highest BCUT2D eigenvalue weighted by molar-refractivity contribution is 5.97. The van der Waals surface area contributed by atoms with Gasteiger partial charge in [0.15, 0.2) is 5.82 Å². The maximum Gasteiger partial charge on any atom is 0.256 e. The number of benzene rings is 1. The van der Waals surface area contributed by atoms with Gasteiger partial charge in [0.05, 0.1) is 11.9 Å². The molecule has 0 spiro atoms. The summed E-state index contributed by atoms with van der Waals surface area (Å²) in [7, 11) is 0. The Labute approximate surface area is 154 Å². The van der Waals surface area contributed by atoms with Crippen LogP contribution in [0.2, 0.25) is 0 Å². The Morgan fingerprint density at radius 1 is 1.04 bits per heavy atom. The topological polar surface area (TPSA) is 64.7 Å². The third-order valence-corrected chi connectivity index (χ3v) is 4.11. The molecule has 0 radical (unpaired) electrons. The third kappa shape index (κ3) is 3.48. The highest BCUT2D eigenvalue weighted by Gasteiger charge is 2.19. The first-order valence-electron chi connectivity index (χ1n) is 8.37. The number of pyridine rings is 1. The van der Waals surface area contributed by atoms with Crippen LogP contribution in [-0.2, 0) is 6.54 Å². The summed E-state index contributed by atoms with van der Waals surface area (Å²) in [6.45, 7) is 0.383. The van der Waals surface area contributed by atoms with Crippen molar-refractivity contribution in [2.45, 2.75) is 6.54 Å². The molecule has 0 aliphatic heterocycles. The summed E-state index contributed by atoms with van der Waals surface area (Å²) in [6, 6.07) is 13.4. The molecule has 0 saturated carbocycles. The number of hydrogen-bond donors (Lipinski definition) is 1. The number of halogens is 1. The Morgan fingerprint density at radius 3 is 2.44 bits per heavy atom. The van der Waals surface area contributed by atoms with E-state index >= 15 is 0 Å². The molecule has 6 nitrogen and oxygen atoms in total. The average Bonchev–Trinajstić information content (AvgIpc) is 3.37. The highest BCUT2D eigenvalue weighted by Crippen LogP contribution is 2.20. The predicted molar refractivity (Wildman–Crippen MR) is 98.3 cm³/mol. The van der Waals surface area contributed by atoms with Crippen LogP contribution in [0.1, 0.15) is 15.9 Å². The van der Waals surface area contributed by atoms with E-state index in [0.29, 0.717) is 23.6 Å². The molecular formula is C20H16FN5O. The fraction of sp³-hybridized carbons (Fsp3) is 0.0500. The monoisotopic (exact) mass is 361 g/mol. The molecule has 1 aromatic carbocycles. The molecule has 0 aliphatic rings. The molecule has 0 aliphatic carbocycles. The van der Waals surface area contributed by atoms with E-state index in [2.05, 4.69) is 15.4 Å². The van der Waals surface area contributed by atoms with Crippen LogP contribution in [0.25, 0.3) is 11.5 Å². The first-order valence-corrected chi connectivity index (χ1v) is 8.37. The lowest BCUT2D eigenvalue weighted by Crippen LogP contribution is -2.24. The van der Waals surface area contributed by atoms with Crippen LogP contribution in [0, 0.1) is 5.82 Å². The van der Waals surface area contributed by atoms with Crippen molar-refractivity contribution in [3.05, 3.63) is 96.5 Å². The van der Waals surface area contributed by atoms with Gasteiger partial charge in [-0.2, -0.15) is 5.10 Å². The molecule has 0 bridgehead atoms. The first kappa shape index (κ1) is 16.7. The van der Waals surface area contributed by atoms with Gasteiger partial charge in [0, 0.05) is 31.3 Å². The van der Waals surface area contributed by atoms with Gasteiger partial charge in [-0.05, 0) is 54.1 Å². The summed E-state index contributed by atoms with van der Waals surface area (Å²) in [5.74, 6) is 0.00597. The summed E-state index contributed by atoms with van der Waals surface area (Å²) < 4.78 is 16.7. The maximum atomic E-state index is 13.3. The van der Waals surface area contributed by atoms with Crippen molar-refractivity contribution in [1.29, 1.82) is 0 Å². The lowest BCUT2D eigenvalue weighted by molar-refractivity contribution is 0.0951. The van der Waals surface area contributed by atoms with Gasteiger partial charge >= 0.3 is 0 Å². The van der Waals surface area contributed by atoms with Gasteiger partial charge in [0.1, 0.15) is 11.4 Å². The fourth-order valence-electron chi connectivity index (χ4n) is 2.78. The molecule has 134 valence electrons. The molecule has 27 heavy (non-hydrogen) atoms. The van der Waals surface area contributed by atoms with Crippen LogP contribution in [0.15, 0.2) is 79.5 Å². The molecule has 0 fully saturated rings. The fourth-order valence-corrected chi connectivity index (χ4v) is 2.78. The zero-order valence-corrected chi connectivity index (χ0v) is 14.3. The van der Waals surface area contributed by atoms with Crippen LogP contribution in [0.3, 0.4) is 0 Å². The van der Waals surface area contributed by atoms with E-state index in [1.165, 1.54) is 18.3 Å². The maximum absolute atomic E-state index is 13.3. The Morgan fingerprint density at radius 2 is 1.74 bits per heavy atom. The van der Waals surface area contributed by atoms with E-state index in [4.69, 9.17) is 0 Å². The molecule has 1 N–H and O–H groups in total. The Kier molecular flexibility index (Phi) is 4.49. The van der Waals surface area contributed by atoms with Crippen molar-refractivity contribution in [1.82, 2.24) is 24.6 Å². The van der Waals surface area contributed by atoms with Crippen molar-refractivity contribution in [3.8, 4) is 11.5 Å². The molecule has 0 saturated heterocycles. The molecule has 0 atom stereocenters. The molecule has 4 rings (SSSR count). The molecule has 0 unspecified atom stereocenters. The van der Waals surface area contributed by atoms with E-state index in [1.54, 1.807) is 33.8 Å². The Balaban J connectivity index is 1.68. The predicted octanol–water partition coefficient (Wildman–Crippen LogP) is 3.13. The number of amides is 1. The second-order valence-electron chi connectivity index (χ2n) is 5.90. The SMILES string of the molecule is O=C(NCc1ccncc1)c1cnn(-c2ccc(F)cc2)c1-n1cccc1. The lowest BCUT2D eigenvalue weighted by Gasteiger charge is -2.11. The molecular weight excluding hydrogens is 345 g/mol. The van der Waals surface area contributed by atoms with E-state index in [9.17, 15) is 9.18 Å². The van der Waals surface area contributed by atoms with Crippen LogP contribution in [0.4, 0.5) is 4.39 Å². The van der Waals surface area contributed by atoms with E-state index in [1.807, 2.05) is 36.7 Å². The van der Waals surface area contributed by atoms with Crippen LogP contribution in [0.5, 0.6) is 0 Å². The largest absolute Gasteiger partial charge is 0.348 e. The molecule has 4 aromatic rings. The van der Waals surface area contributed by atoms with Gasteiger partial charge in [-0.3, -0.25) is 9.78 Å². The summed E-state index contributed by atoms with van der Waals surface area (Å²) in [5, 5.41) is 7.25. The standard InChI is InChI=1S/C20H16FN5O/c21-16-3-5-17(6-4-16)26-20(25-11-1-2-12-25)18(14-24-26)19(27)23-13-15-7-9-22-10-8-15/h1-12,14H,13H2,(H,23,27). The van der Waals surface area contributed by atoms with Crippen molar-refractivity contribution in [2.24, 2.45) is 0 Å². The summed E-state index contributed by atoms with van der Waals surface area (Å²) in [6.07, 6.45) is 8.53. The zero-order chi connectivity index (χ0) is 18.6. The number of rotatable bonds is 5. The summed E-state index contributed by atoms with van der Waals surface area (Å²) in [4.78, 5) is 16.7. The zero-order valence-electron chi connectivity index (χ0n) is 14.3. The van der Waals surface area contributed by atoms with Gasteiger partial charge in [0.2, 0.25) is 0 Å². The van der Waals surface area contributed by atoms with Crippen molar-refractivity contribution in [3.63, 3.8) is 0 Å². The Hall–Kier alpha value is -3.74. The van der Waals surface area contributed by atoms with E-state index in [-0.39, 0.29) is 11.7 Å². The van der Waals surface area contributed by atoms with Gasteiger partial charge in [-0.1, -0.05) is 0 Å². The van der Waals surface area contributed by atoms with Gasteiger partial charge in [-0.15, -0.1) is 0 Å². The van der Waals surface area contributed by atoms with E-state index < -0.39 is 0 Å². The molecule has 3 aromatic heterocycles. The second kappa shape index (κ2) is 7.25. The second-order valence-corrected chi connectivity index (χ2v) is 5.90. The van der Waals surface area contributed by atoms with Crippen LogP contribution < -0.4 is 5.32 Å². The lowest BCUT2D eigenvalue weighted by atomic mass is 10.2.